The zero-order valence-corrected chi connectivity index (χ0v) is 13.8. The van der Waals surface area contributed by atoms with E-state index in [2.05, 4.69) is 10.6 Å². The van der Waals surface area contributed by atoms with E-state index in [9.17, 15) is 24.5 Å². The molecule has 4 amide bonds. The second-order valence-corrected chi connectivity index (χ2v) is 6.49. The molecule has 0 unspecified atom stereocenters. The molecule has 0 radical (unpaired) electrons. The Morgan fingerprint density at radius 2 is 2.04 bits per heavy atom. The summed E-state index contributed by atoms with van der Waals surface area (Å²) in [6.07, 6.45) is 2.83. The van der Waals surface area contributed by atoms with Crippen LogP contribution in [0.3, 0.4) is 0 Å². The fraction of sp³-hybridized carbons (Fsp3) is 0.400. The monoisotopic (exact) mass is 366 g/mol. The number of hydrogen-bond acceptors (Lipinski definition) is 5. The van der Waals surface area contributed by atoms with Gasteiger partial charge >= 0.3 is 6.03 Å². The first-order chi connectivity index (χ1) is 11.8. The van der Waals surface area contributed by atoms with E-state index in [0.717, 1.165) is 23.8 Å². The molecular weight excluding hydrogens is 352 g/mol. The largest absolute Gasteiger partial charge is 0.325 e. The Morgan fingerprint density at radius 1 is 1.36 bits per heavy atom. The quantitative estimate of drug-likeness (QED) is 0.479. The smallest absolute Gasteiger partial charge is 0.324 e. The molecular formula is C15H15ClN4O5. The Bertz CT molecular complexity index is 775. The summed E-state index contributed by atoms with van der Waals surface area (Å²) < 4.78 is 0. The van der Waals surface area contributed by atoms with Gasteiger partial charge in [0.1, 0.15) is 17.1 Å². The van der Waals surface area contributed by atoms with Gasteiger partial charge in [-0.05, 0) is 25.0 Å². The third-order valence-corrected chi connectivity index (χ3v) is 4.75. The van der Waals surface area contributed by atoms with E-state index in [4.69, 9.17) is 11.6 Å². The van der Waals surface area contributed by atoms with Gasteiger partial charge in [-0.15, -0.1) is 0 Å². The van der Waals surface area contributed by atoms with Crippen molar-refractivity contribution in [2.24, 2.45) is 0 Å². The van der Waals surface area contributed by atoms with Crippen molar-refractivity contribution in [1.82, 2.24) is 10.2 Å². The minimum Gasteiger partial charge on any atom is -0.324 e. The zero-order chi connectivity index (χ0) is 18.2. The minimum absolute atomic E-state index is 0.0553. The number of hydrogen-bond donors (Lipinski definition) is 2. The number of rotatable bonds is 4. The highest BCUT2D eigenvalue weighted by Crippen LogP contribution is 2.35. The maximum Gasteiger partial charge on any atom is 0.325 e. The molecule has 2 N–H and O–H groups in total. The number of amides is 4. The average molecular weight is 367 g/mol. The average Bonchev–Trinajstić information content (AvgIpc) is 3.10. The highest BCUT2D eigenvalue weighted by molar-refractivity contribution is 6.32. The van der Waals surface area contributed by atoms with Crippen molar-refractivity contribution < 1.29 is 19.3 Å². The van der Waals surface area contributed by atoms with Crippen LogP contribution in [0.4, 0.5) is 16.2 Å². The molecule has 25 heavy (non-hydrogen) atoms. The molecule has 3 rings (SSSR count). The number of imide groups is 1. The highest BCUT2D eigenvalue weighted by Gasteiger charge is 2.52. The molecule has 1 aromatic rings. The Hall–Kier alpha value is -2.68. The predicted molar refractivity (Wildman–Crippen MR) is 88.2 cm³/mol. The van der Waals surface area contributed by atoms with Crippen LogP contribution in [0.1, 0.15) is 25.7 Å². The SMILES string of the molecule is O=C(CN1C(=O)NC2(CCCC2)C1=O)Nc1ccc(Cl)c([N+](=O)[O-])c1. The second kappa shape index (κ2) is 6.32. The van der Waals surface area contributed by atoms with Gasteiger partial charge in [-0.1, -0.05) is 24.4 Å². The van der Waals surface area contributed by atoms with Crippen molar-refractivity contribution >= 4 is 40.8 Å². The fourth-order valence-corrected chi connectivity index (χ4v) is 3.40. The fourth-order valence-electron chi connectivity index (χ4n) is 3.21. The summed E-state index contributed by atoms with van der Waals surface area (Å²) in [4.78, 5) is 47.7. The first kappa shape index (κ1) is 17.2. The van der Waals surface area contributed by atoms with Crippen LogP contribution in [0.2, 0.25) is 5.02 Å². The molecule has 1 aromatic carbocycles. The molecule has 1 aliphatic heterocycles. The number of halogens is 1. The van der Waals surface area contributed by atoms with Crippen molar-refractivity contribution in [3.8, 4) is 0 Å². The van der Waals surface area contributed by atoms with E-state index in [0.29, 0.717) is 12.8 Å². The summed E-state index contributed by atoms with van der Waals surface area (Å²) in [6, 6.07) is 3.21. The Morgan fingerprint density at radius 3 is 2.68 bits per heavy atom. The van der Waals surface area contributed by atoms with Gasteiger partial charge in [0.2, 0.25) is 5.91 Å². The normalized spacial score (nSPS) is 18.5. The number of nitrogens with one attached hydrogen (secondary N) is 2. The van der Waals surface area contributed by atoms with Gasteiger partial charge in [-0.2, -0.15) is 0 Å². The molecule has 0 aromatic heterocycles. The van der Waals surface area contributed by atoms with Crippen LogP contribution in [0.15, 0.2) is 18.2 Å². The van der Waals surface area contributed by atoms with Crippen LogP contribution >= 0.6 is 11.6 Å². The number of carbonyl (C=O) groups is 3. The van der Waals surface area contributed by atoms with Gasteiger partial charge < -0.3 is 10.6 Å². The lowest BCUT2D eigenvalue weighted by Crippen LogP contribution is -2.44. The number of nitro benzene ring substituents is 1. The number of nitrogens with zero attached hydrogens (tertiary/aromatic N) is 2. The molecule has 2 aliphatic rings. The van der Waals surface area contributed by atoms with Crippen molar-refractivity contribution in [3.05, 3.63) is 33.3 Å². The van der Waals surface area contributed by atoms with Gasteiger partial charge in [-0.3, -0.25) is 24.6 Å². The zero-order valence-electron chi connectivity index (χ0n) is 13.1. The Balaban J connectivity index is 1.69. The van der Waals surface area contributed by atoms with Gasteiger partial charge in [-0.25, -0.2) is 4.79 Å². The first-order valence-electron chi connectivity index (χ1n) is 7.70. The standard InChI is InChI=1S/C15H15ClN4O5/c16-10-4-3-9(7-11(10)20(24)25)17-12(21)8-19-13(22)15(18-14(19)23)5-1-2-6-15/h3-4,7H,1-2,5-6,8H2,(H,17,21)(H,18,23). The predicted octanol–water partition coefficient (Wildman–Crippen LogP) is 2.05. The van der Waals surface area contributed by atoms with Crippen LogP contribution in [-0.2, 0) is 9.59 Å². The van der Waals surface area contributed by atoms with E-state index in [-0.39, 0.29) is 16.4 Å². The molecule has 1 saturated carbocycles. The molecule has 1 spiro atoms. The van der Waals surface area contributed by atoms with Crippen molar-refractivity contribution in [2.45, 2.75) is 31.2 Å². The van der Waals surface area contributed by atoms with Crippen LogP contribution in [0.25, 0.3) is 0 Å². The topological polar surface area (TPSA) is 122 Å². The van der Waals surface area contributed by atoms with Gasteiger partial charge in [0, 0.05) is 11.8 Å². The summed E-state index contributed by atoms with van der Waals surface area (Å²) in [5.74, 6) is -1.03. The van der Waals surface area contributed by atoms with Gasteiger partial charge in [0.05, 0.1) is 4.92 Å². The molecule has 0 atom stereocenters. The number of nitro groups is 1. The number of benzene rings is 1. The lowest BCUT2D eigenvalue weighted by Gasteiger charge is -2.19. The van der Waals surface area contributed by atoms with E-state index < -0.39 is 34.9 Å². The van der Waals surface area contributed by atoms with Gasteiger partial charge in [0.15, 0.2) is 0 Å². The summed E-state index contributed by atoms with van der Waals surface area (Å²) in [5, 5.41) is 15.9. The summed E-state index contributed by atoms with van der Waals surface area (Å²) in [5.41, 5.74) is -1.07. The lowest BCUT2D eigenvalue weighted by molar-refractivity contribution is -0.384. The second-order valence-electron chi connectivity index (χ2n) is 6.08. The van der Waals surface area contributed by atoms with Crippen molar-refractivity contribution in [1.29, 1.82) is 0 Å². The molecule has 132 valence electrons. The molecule has 0 bridgehead atoms. The lowest BCUT2D eigenvalue weighted by atomic mass is 9.98. The van der Waals surface area contributed by atoms with E-state index in [1.807, 2.05) is 0 Å². The number of urea groups is 1. The van der Waals surface area contributed by atoms with E-state index in [1.54, 1.807) is 0 Å². The molecule has 1 aliphatic carbocycles. The van der Waals surface area contributed by atoms with E-state index in [1.165, 1.54) is 12.1 Å². The maximum absolute atomic E-state index is 12.5. The minimum atomic E-state index is -0.879. The van der Waals surface area contributed by atoms with Gasteiger partial charge in [0.25, 0.3) is 11.6 Å². The Kier molecular flexibility index (Phi) is 4.34. The van der Waals surface area contributed by atoms with Crippen LogP contribution in [0, 0.1) is 10.1 Å². The van der Waals surface area contributed by atoms with Crippen LogP contribution in [-0.4, -0.2) is 39.8 Å². The molecule has 1 saturated heterocycles. The number of anilines is 1. The third kappa shape index (κ3) is 3.14. The number of carbonyl (C=O) groups excluding carboxylic acids is 3. The molecule has 10 heteroatoms. The Labute approximate surface area is 147 Å². The third-order valence-electron chi connectivity index (χ3n) is 4.43. The van der Waals surface area contributed by atoms with Crippen molar-refractivity contribution in [2.75, 3.05) is 11.9 Å². The van der Waals surface area contributed by atoms with E-state index >= 15 is 0 Å². The molecule has 9 nitrogen and oxygen atoms in total. The summed E-state index contributed by atoms with van der Waals surface area (Å²) in [7, 11) is 0. The molecule has 2 fully saturated rings. The highest BCUT2D eigenvalue weighted by atomic mass is 35.5. The van der Waals surface area contributed by atoms with Crippen molar-refractivity contribution in [3.63, 3.8) is 0 Å². The summed E-state index contributed by atoms with van der Waals surface area (Å²) in [6.45, 7) is -0.456. The first-order valence-corrected chi connectivity index (χ1v) is 8.08. The van der Waals surface area contributed by atoms with Crippen LogP contribution < -0.4 is 10.6 Å². The molecule has 1 heterocycles. The maximum atomic E-state index is 12.5. The summed E-state index contributed by atoms with van der Waals surface area (Å²) >= 11 is 5.71. The van der Waals surface area contributed by atoms with Crippen LogP contribution in [0.5, 0.6) is 0 Å².